The van der Waals surface area contributed by atoms with Crippen molar-refractivity contribution >= 4 is 37.9 Å². The van der Waals surface area contributed by atoms with Gasteiger partial charge in [-0.2, -0.15) is 4.80 Å². The Morgan fingerprint density at radius 2 is 2.15 bits per heavy atom. The third-order valence-electron chi connectivity index (χ3n) is 2.20. The number of carboxylic acid groups (broad SMARTS) is 1. The van der Waals surface area contributed by atoms with Gasteiger partial charge in [0.1, 0.15) is 4.90 Å². The molecule has 0 aliphatic heterocycles. The van der Waals surface area contributed by atoms with Crippen LogP contribution in [0.4, 0.5) is 5.95 Å². The van der Waals surface area contributed by atoms with Crippen molar-refractivity contribution in [2.45, 2.75) is 4.90 Å². The molecule has 0 aliphatic carbocycles. The molecule has 1 aromatic heterocycles. The summed E-state index contributed by atoms with van der Waals surface area (Å²) in [6.07, 6.45) is 0. The maximum atomic E-state index is 12.2. The summed E-state index contributed by atoms with van der Waals surface area (Å²) < 4.78 is 26.6. The van der Waals surface area contributed by atoms with Gasteiger partial charge in [-0.3, -0.25) is 0 Å². The number of aromatic nitrogens is 4. The van der Waals surface area contributed by atoms with Crippen molar-refractivity contribution in [3.8, 4) is 0 Å². The summed E-state index contributed by atoms with van der Waals surface area (Å²) >= 11 is 3.06. The summed E-state index contributed by atoms with van der Waals surface area (Å²) in [4.78, 5) is 11.7. The number of nitrogens with zero attached hydrogens (tertiary/aromatic N) is 4. The molecule has 0 spiro atoms. The summed E-state index contributed by atoms with van der Waals surface area (Å²) in [7, 11) is -2.55. The number of anilines is 1. The first-order valence-electron chi connectivity index (χ1n) is 5.09. The SMILES string of the molecule is Cn1nnc(NS(=O)(=O)c2cc(C(=O)O)ccc2Br)n1. The average molecular weight is 362 g/mol. The molecule has 0 amide bonds. The van der Waals surface area contributed by atoms with Crippen molar-refractivity contribution < 1.29 is 18.3 Å². The van der Waals surface area contributed by atoms with E-state index in [4.69, 9.17) is 5.11 Å². The van der Waals surface area contributed by atoms with Gasteiger partial charge in [-0.05, 0) is 39.3 Å². The lowest BCUT2D eigenvalue weighted by Crippen LogP contribution is -2.15. The summed E-state index contributed by atoms with van der Waals surface area (Å²) in [6, 6.07) is 3.65. The van der Waals surface area contributed by atoms with Crippen LogP contribution in [0.25, 0.3) is 0 Å². The molecule has 9 nitrogen and oxygen atoms in total. The van der Waals surface area contributed by atoms with Crippen LogP contribution >= 0.6 is 15.9 Å². The van der Waals surface area contributed by atoms with Gasteiger partial charge in [0.15, 0.2) is 0 Å². The number of carboxylic acids is 1. The van der Waals surface area contributed by atoms with Crippen LogP contribution in [-0.2, 0) is 17.1 Å². The number of benzene rings is 1. The second-order valence-corrected chi connectivity index (χ2v) is 6.16. The number of rotatable bonds is 4. The number of carbonyl (C=O) groups is 1. The molecule has 1 aromatic carbocycles. The number of sulfonamides is 1. The number of hydrogen-bond acceptors (Lipinski definition) is 6. The Kier molecular flexibility index (Phi) is 3.72. The Morgan fingerprint density at radius 3 is 2.70 bits per heavy atom. The van der Waals surface area contributed by atoms with Gasteiger partial charge >= 0.3 is 5.97 Å². The van der Waals surface area contributed by atoms with Crippen molar-refractivity contribution in [2.24, 2.45) is 7.05 Å². The quantitative estimate of drug-likeness (QED) is 0.809. The molecular formula is C9H8BrN5O4S. The molecule has 0 saturated heterocycles. The van der Waals surface area contributed by atoms with Crippen molar-refractivity contribution in [2.75, 3.05) is 4.72 Å². The third kappa shape index (κ3) is 2.93. The predicted octanol–water partition coefficient (Wildman–Crippen LogP) is 0.472. The minimum atomic E-state index is -4.03. The van der Waals surface area contributed by atoms with Crippen LogP contribution in [-0.4, -0.2) is 39.7 Å². The van der Waals surface area contributed by atoms with Gasteiger partial charge in [-0.25, -0.2) is 17.9 Å². The molecule has 106 valence electrons. The normalized spacial score (nSPS) is 11.3. The van der Waals surface area contributed by atoms with Crippen LogP contribution in [0.5, 0.6) is 0 Å². The lowest BCUT2D eigenvalue weighted by molar-refractivity contribution is 0.0696. The largest absolute Gasteiger partial charge is 0.478 e. The highest BCUT2D eigenvalue weighted by Crippen LogP contribution is 2.24. The predicted molar refractivity (Wildman–Crippen MR) is 70.7 cm³/mol. The van der Waals surface area contributed by atoms with Crippen LogP contribution < -0.4 is 4.72 Å². The maximum absolute atomic E-state index is 12.2. The van der Waals surface area contributed by atoms with Gasteiger partial charge in [0.25, 0.3) is 16.0 Å². The molecule has 0 bridgehead atoms. The molecule has 0 unspecified atom stereocenters. The van der Waals surface area contributed by atoms with E-state index in [9.17, 15) is 13.2 Å². The summed E-state index contributed by atoms with van der Waals surface area (Å²) in [5, 5.41) is 19.6. The van der Waals surface area contributed by atoms with E-state index in [2.05, 4.69) is 36.1 Å². The number of halogens is 1. The second kappa shape index (κ2) is 5.17. The van der Waals surface area contributed by atoms with Gasteiger partial charge in [0, 0.05) is 4.47 Å². The van der Waals surface area contributed by atoms with Crippen LogP contribution in [0.2, 0.25) is 0 Å². The molecule has 2 N–H and O–H groups in total. The molecule has 20 heavy (non-hydrogen) atoms. The van der Waals surface area contributed by atoms with Crippen molar-refractivity contribution in [3.63, 3.8) is 0 Å². The van der Waals surface area contributed by atoms with Crippen LogP contribution in [0.1, 0.15) is 10.4 Å². The number of nitrogens with one attached hydrogen (secondary N) is 1. The smallest absolute Gasteiger partial charge is 0.335 e. The maximum Gasteiger partial charge on any atom is 0.335 e. The standard InChI is InChI=1S/C9H8BrN5O4S/c1-15-12-9(11-14-15)13-20(18,19)7-4-5(8(16)17)2-3-6(7)10/h2-4H,1H3,(H,12,13)(H,16,17). The minimum absolute atomic E-state index is 0.152. The summed E-state index contributed by atoms with van der Waals surface area (Å²) in [5.74, 6) is -1.44. The zero-order valence-electron chi connectivity index (χ0n) is 9.98. The van der Waals surface area contributed by atoms with Crippen LogP contribution in [0.15, 0.2) is 27.6 Å². The fourth-order valence-corrected chi connectivity index (χ4v) is 3.27. The molecule has 2 aromatic rings. The van der Waals surface area contributed by atoms with E-state index in [1.807, 2.05) is 0 Å². The first-order chi connectivity index (χ1) is 9.29. The Hall–Kier alpha value is -2.01. The highest BCUT2D eigenvalue weighted by Gasteiger charge is 2.21. The molecule has 0 atom stereocenters. The third-order valence-corrected chi connectivity index (χ3v) is 4.52. The van der Waals surface area contributed by atoms with Crippen molar-refractivity contribution in [3.05, 3.63) is 28.2 Å². The highest BCUT2D eigenvalue weighted by molar-refractivity contribution is 9.10. The number of tetrazole rings is 1. The van der Waals surface area contributed by atoms with E-state index in [0.29, 0.717) is 0 Å². The Balaban J connectivity index is 2.43. The fraction of sp³-hybridized carbons (Fsp3) is 0.111. The zero-order valence-corrected chi connectivity index (χ0v) is 12.4. The summed E-state index contributed by atoms with van der Waals surface area (Å²) in [6.45, 7) is 0. The lowest BCUT2D eigenvalue weighted by Gasteiger charge is -2.07. The minimum Gasteiger partial charge on any atom is -0.478 e. The summed E-state index contributed by atoms with van der Waals surface area (Å²) in [5.41, 5.74) is -0.152. The number of hydrogen-bond donors (Lipinski definition) is 2. The van der Waals surface area contributed by atoms with E-state index in [0.717, 1.165) is 10.9 Å². The van der Waals surface area contributed by atoms with Crippen molar-refractivity contribution in [1.29, 1.82) is 0 Å². The Morgan fingerprint density at radius 1 is 1.45 bits per heavy atom. The second-order valence-electron chi connectivity index (χ2n) is 3.66. The average Bonchev–Trinajstić information content (AvgIpc) is 2.73. The lowest BCUT2D eigenvalue weighted by atomic mass is 10.2. The van der Waals surface area contributed by atoms with Crippen LogP contribution in [0.3, 0.4) is 0 Å². The van der Waals surface area contributed by atoms with E-state index >= 15 is 0 Å². The molecule has 0 radical (unpaired) electrons. The monoisotopic (exact) mass is 361 g/mol. The zero-order chi connectivity index (χ0) is 14.9. The number of aryl methyl sites for hydroxylation is 1. The fourth-order valence-electron chi connectivity index (χ4n) is 1.34. The van der Waals surface area contributed by atoms with Gasteiger partial charge in [-0.15, -0.1) is 5.10 Å². The number of aromatic carboxylic acids is 1. The first-order valence-corrected chi connectivity index (χ1v) is 7.37. The van der Waals surface area contributed by atoms with Gasteiger partial charge in [-0.1, -0.05) is 5.10 Å². The topological polar surface area (TPSA) is 127 Å². The Bertz CT molecular complexity index is 772. The first kappa shape index (κ1) is 14.4. The Labute approximate surface area is 121 Å². The van der Waals surface area contributed by atoms with E-state index in [-0.39, 0.29) is 20.9 Å². The molecular weight excluding hydrogens is 354 g/mol. The molecule has 2 rings (SSSR count). The van der Waals surface area contributed by atoms with Gasteiger partial charge < -0.3 is 5.11 Å². The molecule has 0 fully saturated rings. The van der Waals surface area contributed by atoms with Gasteiger partial charge in [0.05, 0.1) is 12.6 Å². The van der Waals surface area contributed by atoms with Gasteiger partial charge in [0.2, 0.25) is 0 Å². The van der Waals surface area contributed by atoms with E-state index in [1.165, 1.54) is 19.2 Å². The molecule has 1 heterocycles. The van der Waals surface area contributed by atoms with E-state index in [1.54, 1.807) is 0 Å². The van der Waals surface area contributed by atoms with Crippen molar-refractivity contribution in [1.82, 2.24) is 20.2 Å². The highest BCUT2D eigenvalue weighted by atomic mass is 79.9. The molecule has 0 saturated carbocycles. The van der Waals surface area contributed by atoms with E-state index < -0.39 is 16.0 Å². The molecule has 0 aliphatic rings. The molecule has 11 heteroatoms. The van der Waals surface area contributed by atoms with Crippen LogP contribution in [0, 0.1) is 0 Å².